The van der Waals surface area contributed by atoms with Crippen molar-refractivity contribution in [2.45, 2.75) is 18.8 Å². The van der Waals surface area contributed by atoms with Gasteiger partial charge in [-0.1, -0.05) is 12.1 Å². The molecule has 0 bridgehead atoms. The van der Waals surface area contributed by atoms with E-state index in [1.165, 1.54) is 4.70 Å². The molecule has 1 amide bonds. The Kier molecular flexibility index (Phi) is 4.99. The average molecular weight is 382 g/mol. The van der Waals surface area contributed by atoms with Gasteiger partial charge in [0.2, 0.25) is 0 Å². The Labute approximate surface area is 162 Å². The summed E-state index contributed by atoms with van der Waals surface area (Å²) >= 11 is 1.74. The number of ether oxygens (including phenoxy) is 2. The van der Waals surface area contributed by atoms with E-state index in [4.69, 9.17) is 14.5 Å². The molecule has 0 N–H and O–H groups in total. The lowest BCUT2D eigenvalue weighted by Gasteiger charge is -2.32. The molecule has 4 rings (SSSR count). The van der Waals surface area contributed by atoms with Crippen LogP contribution >= 0.6 is 11.3 Å². The van der Waals surface area contributed by atoms with Gasteiger partial charge in [0.25, 0.3) is 5.91 Å². The summed E-state index contributed by atoms with van der Waals surface area (Å²) in [7, 11) is 3.18. The third kappa shape index (κ3) is 3.49. The number of likely N-dealkylation sites (tertiary alicyclic amines) is 1. The predicted molar refractivity (Wildman–Crippen MR) is 107 cm³/mol. The van der Waals surface area contributed by atoms with Gasteiger partial charge < -0.3 is 14.4 Å². The molecule has 2 heterocycles. The molecule has 1 aliphatic heterocycles. The smallest absolute Gasteiger partial charge is 0.257 e. The molecule has 1 aliphatic rings. The lowest BCUT2D eigenvalue weighted by molar-refractivity contribution is 0.0703. The van der Waals surface area contributed by atoms with Gasteiger partial charge in [-0.05, 0) is 37.1 Å². The monoisotopic (exact) mass is 382 g/mol. The van der Waals surface area contributed by atoms with E-state index in [0.29, 0.717) is 23.6 Å². The second-order valence-electron chi connectivity index (χ2n) is 6.68. The Hall–Kier alpha value is -2.60. The maximum atomic E-state index is 13.1. The summed E-state index contributed by atoms with van der Waals surface area (Å²) in [5.41, 5.74) is 1.61. The highest BCUT2D eigenvalue weighted by molar-refractivity contribution is 7.18. The van der Waals surface area contributed by atoms with Crippen LogP contribution in [0.2, 0.25) is 0 Å². The van der Waals surface area contributed by atoms with E-state index in [9.17, 15) is 4.79 Å². The van der Waals surface area contributed by atoms with Crippen molar-refractivity contribution in [1.82, 2.24) is 9.88 Å². The Morgan fingerprint density at radius 3 is 2.81 bits per heavy atom. The molecule has 0 spiro atoms. The van der Waals surface area contributed by atoms with Crippen LogP contribution in [-0.4, -0.2) is 43.1 Å². The Morgan fingerprint density at radius 2 is 2.04 bits per heavy atom. The van der Waals surface area contributed by atoms with Crippen molar-refractivity contribution in [1.29, 1.82) is 0 Å². The van der Waals surface area contributed by atoms with Gasteiger partial charge in [-0.3, -0.25) is 4.79 Å². The quantitative estimate of drug-likeness (QED) is 0.674. The first-order valence-corrected chi connectivity index (χ1v) is 9.88. The molecular formula is C21H22N2O3S. The molecule has 1 fully saturated rings. The molecule has 6 heteroatoms. The number of rotatable bonds is 4. The number of methoxy groups -OCH3 is 2. The minimum absolute atomic E-state index is 0.000291. The zero-order chi connectivity index (χ0) is 18.8. The first kappa shape index (κ1) is 17.8. The van der Waals surface area contributed by atoms with E-state index in [1.807, 2.05) is 23.1 Å². The molecule has 1 aromatic heterocycles. The number of para-hydroxylation sites is 1. The third-order valence-corrected chi connectivity index (χ3v) is 6.21. The van der Waals surface area contributed by atoms with Gasteiger partial charge in [0.1, 0.15) is 11.5 Å². The standard InChI is InChI=1S/C21H22N2O3S/c1-25-15-9-10-16(18(12-15)26-2)21(24)23-11-5-6-14(13-23)20-22-17-7-3-4-8-19(17)27-20/h3-4,7-10,12,14H,5-6,11,13H2,1-2H3/t14-/m0/s1. The van der Waals surface area contributed by atoms with Crippen LogP contribution in [0.25, 0.3) is 10.2 Å². The van der Waals surface area contributed by atoms with E-state index >= 15 is 0 Å². The maximum absolute atomic E-state index is 13.1. The normalized spacial score (nSPS) is 17.1. The molecule has 1 saturated heterocycles. The SMILES string of the molecule is COc1ccc(C(=O)N2CCC[C@H](c3nc4ccccc4s3)C2)c(OC)c1. The molecule has 2 aromatic carbocycles. The number of carbonyl (C=O) groups excluding carboxylic acids is 1. The summed E-state index contributed by atoms with van der Waals surface area (Å²) in [5, 5.41) is 1.12. The number of fused-ring (bicyclic) bond motifs is 1. The van der Waals surface area contributed by atoms with Gasteiger partial charge in [0, 0.05) is 25.1 Å². The number of amides is 1. The molecule has 0 unspecified atom stereocenters. The summed E-state index contributed by atoms with van der Waals surface area (Å²) in [6, 6.07) is 13.5. The number of hydrogen-bond donors (Lipinski definition) is 0. The maximum Gasteiger partial charge on any atom is 0.257 e. The number of benzene rings is 2. The van der Waals surface area contributed by atoms with E-state index in [2.05, 4.69) is 6.07 Å². The van der Waals surface area contributed by atoms with E-state index in [-0.39, 0.29) is 11.8 Å². The first-order chi connectivity index (χ1) is 13.2. The number of piperidine rings is 1. The van der Waals surface area contributed by atoms with Crippen LogP contribution in [0.4, 0.5) is 0 Å². The highest BCUT2D eigenvalue weighted by atomic mass is 32.1. The number of aromatic nitrogens is 1. The summed E-state index contributed by atoms with van der Waals surface area (Å²) in [6.45, 7) is 1.45. The van der Waals surface area contributed by atoms with Crippen molar-refractivity contribution in [3.8, 4) is 11.5 Å². The number of thiazole rings is 1. The topological polar surface area (TPSA) is 51.7 Å². The van der Waals surface area contributed by atoms with Crippen LogP contribution in [0.15, 0.2) is 42.5 Å². The molecule has 3 aromatic rings. The summed E-state index contributed by atoms with van der Waals surface area (Å²) in [6.07, 6.45) is 2.04. The van der Waals surface area contributed by atoms with E-state index in [0.717, 1.165) is 29.9 Å². The third-order valence-electron chi connectivity index (χ3n) is 5.01. The second-order valence-corrected chi connectivity index (χ2v) is 7.74. The Balaban J connectivity index is 1.56. The first-order valence-electron chi connectivity index (χ1n) is 9.06. The van der Waals surface area contributed by atoms with Crippen molar-refractivity contribution in [2.24, 2.45) is 0 Å². The minimum Gasteiger partial charge on any atom is -0.497 e. The predicted octanol–water partition coefficient (Wildman–Crippen LogP) is 4.33. The van der Waals surface area contributed by atoms with Crippen molar-refractivity contribution >= 4 is 27.5 Å². The fraction of sp³-hybridized carbons (Fsp3) is 0.333. The zero-order valence-electron chi connectivity index (χ0n) is 15.5. The molecule has 1 atom stereocenters. The number of hydrogen-bond acceptors (Lipinski definition) is 5. The van der Waals surface area contributed by atoms with Crippen molar-refractivity contribution in [3.63, 3.8) is 0 Å². The van der Waals surface area contributed by atoms with Gasteiger partial charge in [0.15, 0.2) is 0 Å². The van der Waals surface area contributed by atoms with Crippen molar-refractivity contribution < 1.29 is 14.3 Å². The molecule has 5 nitrogen and oxygen atoms in total. The second kappa shape index (κ2) is 7.56. The number of nitrogens with zero attached hydrogens (tertiary/aromatic N) is 2. The molecule has 140 valence electrons. The van der Waals surface area contributed by atoms with Crippen LogP contribution in [0.5, 0.6) is 11.5 Å². The minimum atomic E-state index is 0.000291. The highest BCUT2D eigenvalue weighted by Crippen LogP contribution is 2.34. The highest BCUT2D eigenvalue weighted by Gasteiger charge is 2.29. The summed E-state index contributed by atoms with van der Waals surface area (Å²) in [5.74, 6) is 1.50. The largest absolute Gasteiger partial charge is 0.497 e. The van der Waals surface area contributed by atoms with Gasteiger partial charge in [0.05, 0.1) is 35.0 Å². The Morgan fingerprint density at radius 1 is 1.19 bits per heavy atom. The van der Waals surface area contributed by atoms with Gasteiger partial charge in [-0.25, -0.2) is 4.98 Å². The van der Waals surface area contributed by atoms with Gasteiger partial charge in [-0.2, -0.15) is 0 Å². The van der Waals surface area contributed by atoms with Crippen LogP contribution in [0.1, 0.15) is 34.1 Å². The Bertz CT molecular complexity index is 936. The van der Waals surface area contributed by atoms with Gasteiger partial charge >= 0.3 is 0 Å². The summed E-state index contributed by atoms with van der Waals surface area (Å²) < 4.78 is 11.8. The van der Waals surface area contributed by atoms with Crippen molar-refractivity contribution in [2.75, 3.05) is 27.3 Å². The fourth-order valence-corrected chi connectivity index (χ4v) is 4.67. The van der Waals surface area contributed by atoms with E-state index in [1.54, 1.807) is 43.8 Å². The van der Waals surface area contributed by atoms with Gasteiger partial charge in [-0.15, -0.1) is 11.3 Å². The molecular weight excluding hydrogens is 360 g/mol. The average Bonchev–Trinajstić information content (AvgIpc) is 3.17. The summed E-state index contributed by atoms with van der Waals surface area (Å²) in [4.78, 5) is 19.8. The zero-order valence-corrected chi connectivity index (χ0v) is 16.3. The van der Waals surface area contributed by atoms with Crippen LogP contribution in [0, 0.1) is 0 Å². The molecule has 0 saturated carbocycles. The van der Waals surface area contributed by atoms with Crippen LogP contribution < -0.4 is 9.47 Å². The lowest BCUT2D eigenvalue weighted by atomic mass is 9.98. The van der Waals surface area contributed by atoms with Crippen LogP contribution in [0.3, 0.4) is 0 Å². The molecule has 0 aliphatic carbocycles. The molecule has 27 heavy (non-hydrogen) atoms. The lowest BCUT2D eigenvalue weighted by Crippen LogP contribution is -2.39. The van der Waals surface area contributed by atoms with E-state index < -0.39 is 0 Å². The molecule has 0 radical (unpaired) electrons. The number of carbonyl (C=O) groups is 1. The fourth-order valence-electron chi connectivity index (χ4n) is 3.57. The van der Waals surface area contributed by atoms with Crippen molar-refractivity contribution in [3.05, 3.63) is 53.0 Å². The van der Waals surface area contributed by atoms with Crippen LogP contribution in [-0.2, 0) is 0 Å².